The van der Waals surface area contributed by atoms with Crippen molar-refractivity contribution in [3.05, 3.63) is 42.1 Å². The number of aliphatic hydroxyl groups excluding tert-OH is 1. The topological polar surface area (TPSA) is 68.7 Å². The van der Waals surface area contributed by atoms with E-state index in [1.165, 1.54) is 6.20 Å². The normalized spacial score (nSPS) is 14.8. The monoisotopic (exact) mass is 351 g/mol. The van der Waals surface area contributed by atoms with E-state index in [2.05, 4.69) is 4.98 Å². The third-order valence-corrected chi connectivity index (χ3v) is 5.51. The van der Waals surface area contributed by atoms with Gasteiger partial charge in [0.2, 0.25) is 0 Å². The molecule has 1 unspecified atom stereocenters. The summed E-state index contributed by atoms with van der Waals surface area (Å²) in [6.45, 7) is 10.6. The van der Waals surface area contributed by atoms with Crippen molar-refractivity contribution in [2.75, 3.05) is 0 Å². The van der Waals surface area contributed by atoms with Crippen LogP contribution in [0, 0.1) is 0 Å². The first-order chi connectivity index (χ1) is 10.9. The van der Waals surface area contributed by atoms with Gasteiger partial charge < -0.3 is 14.2 Å². The minimum absolute atomic E-state index is 0.408. The van der Waals surface area contributed by atoms with Gasteiger partial charge in [0.1, 0.15) is 0 Å². The van der Waals surface area contributed by atoms with Crippen molar-refractivity contribution in [3.8, 4) is 0 Å². The van der Waals surface area contributed by atoms with Crippen molar-refractivity contribution in [2.45, 2.75) is 58.6 Å². The SMILES string of the molecule is CC(C)(C)OP(=O)(OC(C)(C)C)C(O)c1cnc2ccccc2c1. The largest absolute Gasteiger partial charge is 0.376 e. The lowest BCUT2D eigenvalue weighted by Gasteiger charge is -2.34. The van der Waals surface area contributed by atoms with E-state index in [1.54, 1.807) is 47.6 Å². The van der Waals surface area contributed by atoms with Gasteiger partial charge in [-0.1, -0.05) is 18.2 Å². The first kappa shape index (κ1) is 19.1. The van der Waals surface area contributed by atoms with Crippen LogP contribution in [0.2, 0.25) is 0 Å². The average Bonchev–Trinajstić information content (AvgIpc) is 2.42. The number of aromatic nitrogens is 1. The van der Waals surface area contributed by atoms with Gasteiger partial charge in [0.25, 0.3) is 0 Å². The van der Waals surface area contributed by atoms with Crippen LogP contribution in [-0.2, 0) is 13.6 Å². The lowest BCUT2D eigenvalue weighted by molar-refractivity contribution is 0.0271. The Kier molecular flexibility index (Phi) is 5.22. The molecule has 24 heavy (non-hydrogen) atoms. The van der Waals surface area contributed by atoms with E-state index in [0.29, 0.717) is 5.56 Å². The molecule has 132 valence electrons. The molecule has 0 saturated heterocycles. The Morgan fingerprint density at radius 1 is 1.04 bits per heavy atom. The summed E-state index contributed by atoms with van der Waals surface area (Å²) in [5.74, 6) is -1.41. The zero-order chi connectivity index (χ0) is 18.2. The molecule has 2 aromatic rings. The molecule has 0 radical (unpaired) electrons. The van der Waals surface area contributed by atoms with E-state index in [-0.39, 0.29) is 0 Å². The standard InChI is InChI=1S/C18H26NO4P/c1-17(2,3)22-24(21,23-18(4,5)6)16(20)14-11-13-9-7-8-10-15(13)19-12-14/h7-12,16,20H,1-6H3. The minimum Gasteiger partial charge on any atom is -0.376 e. The van der Waals surface area contributed by atoms with Gasteiger partial charge in [0.15, 0.2) is 5.85 Å². The average molecular weight is 351 g/mol. The van der Waals surface area contributed by atoms with Gasteiger partial charge >= 0.3 is 7.60 Å². The van der Waals surface area contributed by atoms with E-state index in [9.17, 15) is 9.67 Å². The van der Waals surface area contributed by atoms with E-state index < -0.39 is 24.6 Å². The molecule has 0 bridgehead atoms. The van der Waals surface area contributed by atoms with Gasteiger partial charge in [0.05, 0.1) is 16.7 Å². The molecule has 0 fully saturated rings. The molecule has 2 rings (SSSR count). The highest BCUT2D eigenvalue weighted by Gasteiger charge is 2.43. The Hall–Kier alpha value is -1.26. The van der Waals surface area contributed by atoms with Crippen LogP contribution in [0.5, 0.6) is 0 Å². The Labute approximate surface area is 143 Å². The number of hydrogen-bond donors (Lipinski definition) is 1. The van der Waals surface area contributed by atoms with E-state index >= 15 is 0 Å². The molecule has 1 atom stereocenters. The first-order valence-corrected chi connectivity index (χ1v) is 9.55. The molecule has 6 heteroatoms. The maximum atomic E-state index is 13.4. The second-order valence-electron chi connectivity index (χ2n) is 7.78. The summed E-state index contributed by atoms with van der Waals surface area (Å²) < 4.78 is 24.7. The highest BCUT2D eigenvalue weighted by Crippen LogP contribution is 2.63. The molecule has 0 aliphatic rings. The third kappa shape index (κ3) is 4.87. The summed E-state index contributed by atoms with van der Waals surface area (Å²) in [5.41, 5.74) is -0.250. The molecule has 0 aliphatic carbocycles. The van der Waals surface area contributed by atoms with Crippen LogP contribution in [-0.4, -0.2) is 21.3 Å². The van der Waals surface area contributed by atoms with Gasteiger partial charge in [-0.3, -0.25) is 9.55 Å². The molecular formula is C18H26NO4P. The first-order valence-electron chi connectivity index (χ1n) is 7.94. The lowest BCUT2D eigenvalue weighted by atomic mass is 10.2. The summed E-state index contributed by atoms with van der Waals surface area (Å²) in [5, 5.41) is 11.6. The Morgan fingerprint density at radius 3 is 2.12 bits per heavy atom. The van der Waals surface area contributed by atoms with Gasteiger partial charge in [-0.05, 0) is 53.7 Å². The van der Waals surface area contributed by atoms with Crippen molar-refractivity contribution >= 4 is 18.5 Å². The highest BCUT2D eigenvalue weighted by atomic mass is 31.2. The van der Waals surface area contributed by atoms with Crippen molar-refractivity contribution in [3.63, 3.8) is 0 Å². The van der Waals surface area contributed by atoms with Crippen LogP contribution in [0.4, 0.5) is 0 Å². The van der Waals surface area contributed by atoms with E-state index in [4.69, 9.17) is 9.05 Å². The van der Waals surface area contributed by atoms with Gasteiger partial charge in [-0.2, -0.15) is 0 Å². The molecule has 0 aliphatic heterocycles. The number of pyridine rings is 1. The number of aliphatic hydroxyl groups is 1. The van der Waals surface area contributed by atoms with Gasteiger partial charge in [-0.15, -0.1) is 0 Å². The molecule has 1 heterocycles. The molecule has 0 amide bonds. The lowest BCUT2D eigenvalue weighted by Crippen LogP contribution is -2.26. The molecular weight excluding hydrogens is 325 g/mol. The number of fused-ring (bicyclic) bond motifs is 1. The van der Waals surface area contributed by atoms with Crippen molar-refractivity contribution < 1.29 is 18.7 Å². The number of hydrogen-bond acceptors (Lipinski definition) is 5. The second-order valence-corrected chi connectivity index (χ2v) is 9.72. The summed E-state index contributed by atoms with van der Waals surface area (Å²) in [6.07, 6.45) is 1.51. The van der Waals surface area contributed by atoms with Crippen molar-refractivity contribution in [2.24, 2.45) is 0 Å². The van der Waals surface area contributed by atoms with Crippen LogP contribution in [0.1, 0.15) is 53.0 Å². The van der Waals surface area contributed by atoms with Crippen LogP contribution in [0.15, 0.2) is 36.5 Å². The zero-order valence-corrected chi connectivity index (χ0v) is 16.0. The molecule has 5 nitrogen and oxygen atoms in total. The fourth-order valence-electron chi connectivity index (χ4n) is 2.29. The molecule has 1 N–H and O–H groups in total. The maximum Gasteiger partial charge on any atom is 0.364 e. The smallest absolute Gasteiger partial charge is 0.364 e. The predicted octanol–water partition coefficient (Wildman–Crippen LogP) is 5.05. The van der Waals surface area contributed by atoms with Crippen molar-refractivity contribution in [1.29, 1.82) is 0 Å². The molecule has 1 aromatic heterocycles. The maximum absolute atomic E-state index is 13.4. The number of para-hydroxylation sites is 1. The fraction of sp³-hybridized carbons (Fsp3) is 0.500. The molecule has 1 aromatic carbocycles. The van der Waals surface area contributed by atoms with Gasteiger partial charge in [0, 0.05) is 17.1 Å². The van der Waals surface area contributed by atoms with Crippen LogP contribution < -0.4 is 0 Å². The fourth-order valence-corrected chi connectivity index (χ4v) is 4.56. The predicted molar refractivity (Wildman–Crippen MR) is 96.0 cm³/mol. The number of nitrogens with zero attached hydrogens (tertiary/aromatic N) is 1. The Morgan fingerprint density at radius 2 is 1.58 bits per heavy atom. The summed E-state index contributed by atoms with van der Waals surface area (Å²) in [7, 11) is -3.84. The third-order valence-electron chi connectivity index (χ3n) is 3.01. The summed E-state index contributed by atoms with van der Waals surface area (Å²) in [6, 6.07) is 9.30. The van der Waals surface area contributed by atoms with Gasteiger partial charge in [-0.25, -0.2) is 0 Å². The van der Waals surface area contributed by atoms with Crippen LogP contribution in [0.3, 0.4) is 0 Å². The van der Waals surface area contributed by atoms with Crippen molar-refractivity contribution in [1.82, 2.24) is 4.98 Å². The molecule has 0 spiro atoms. The van der Waals surface area contributed by atoms with Crippen LogP contribution >= 0.6 is 7.60 Å². The minimum atomic E-state index is -3.84. The molecule has 0 saturated carbocycles. The second kappa shape index (κ2) is 6.57. The zero-order valence-electron chi connectivity index (χ0n) is 15.1. The van der Waals surface area contributed by atoms with Crippen LogP contribution in [0.25, 0.3) is 10.9 Å². The van der Waals surface area contributed by atoms with E-state index in [1.807, 2.05) is 24.3 Å². The number of benzene rings is 1. The Bertz CT molecular complexity index is 741. The Balaban J connectivity index is 2.45. The van der Waals surface area contributed by atoms with E-state index in [0.717, 1.165) is 10.9 Å². The summed E-state index contributed by atoms with van der Waals surface area (Å²) >= 11 is 0. The summed E-state index contributed by atoms with van der Waals surface area (Å²) in [4.78, 5) is 4.32. The quantitative estimate of drug-likeness (QED) is 0.781. The highest BCUT2D eigenvalue weighted by molar-refractivity contribution is 7.54. The number of rotatable bonds is 4.